The Bertz CT molecular complexity index is 393. The number of nitrogens with zero attached hydrogens (tertiary/aromatic N) is 1. The van der Waals surface area contributed by atoms with E-state index >= 15 is 0 Å². The number of carbonyl (C=O) groups excluding carboxylic acids is 1. The summed E-state index contributed by atoms with van der Waals surface area (Å²) in [6, 6.07) is 1.84. The zero-order valence-electron chi connectivity index (χ0n) is 9.26. The first-order chi connectivity index (χ1) is 7.50. The monoisotopic (exact) mass is 260 g/mol. The van der Waals surface area contributed by atoms with Gasteiger partial charge in [0.05, 0.1) is 5.02 Å². The van der Waals surface area contributed by atoms with E-state index in [-0.39, 0.29) is 11.9 Å². The average Bonchev–Trinajstić information content (AvgIpc) is 3.04. The van der Waals surface area contributed by atoms with Crippen molar-refractivity contribution < 1.29 is 4.79 Å². The van der Waals surface area contributed by atoms with E-state index in [1.165, 1.54) is 12.8 Å². The molecular weight excluding hydrogens is 247 g/mol. The van der Waals surface area contributed by atoms with Crippen molar-refractivity contribution in [3.05, 3.63) is 21.9 Å². The summed E-state index contributed by atoms with van der Waals surface area (Å²) in [7, 11) is 1.81. The Hall–Kier alpha value is -0.670. The Morgan fingerprint density at radius 2 is 2.19 bits per heavy atom. The van der Waals surface area contributed by atoms with Crippen LogP contribution in [0, 0.1) is 5.92 Å². The molecule has 1 amide bonds. The van der Waals surface area contributed by atoms with Crippen molar-refractivity contribution in [1.82, 2.24) is 9.88 Å². The van der Waals surface area contributed by atoms with Gasteiger partial charge in [-0.15, -0.1) is 0 Å². The molecule has 1 unspecified atom stereocenters. The zero-order valence-corrected chi connectivity index (χ0v) is 10.8. The van der Waals surface area contributed by atoms with Crippen LogP contribution < -0.4 is 0 Å². The highest BCUT2D eigenvalue weighted by Crippen LogP contribution is 2.35. The summed E-state index contributed by atoms with van der Waals surface area (Å²) >= 11 is 11.6. The molecule has 1 atom stereocenters. The minimum atomic E-state index is -0.0619. The third-order valence-electron chi connectivity index (χ3n) is 3.19. The van der Waals surface area contributed by atoms with Crippen molar-refractivity contribution in [2.45, 2.75) is 25.8 Å². The third-order valence-corrected chi connectivity index (χ3v) is 3.88. The number of hydrogen-bond acceptors (Lipinski definition) is 1. The Balaban J connectivity index is 2.11. The van der Waals surface area contributed by atoms with Crippen molar-refractivity contribution in [3.8, 4) is 0 Å². The lowest BCUT2D eigenvalue weighted by atomic mass is 10.2. The molecule has 1 heterocycles. The van der Waals surface area contributed by atoms with Crippen LogP contribution in [0.3, 0.4) is 0 Å². The predicted octanol–water partition coefficient (Wildman–Crippen LogP) is 3.19. The van der Waals surface area contributed by atoms with Gasteiger partial charge in [0.25, 0.3) is 5.91 Å². The Kier molecular flexibility index (Phi) is 3.17. The largest absolute Gasteiger partial charge is 0.340 e. The molecule has 1 fully saturated rings. The van der Waals surface area contributed by atoms with Gasteiger partial charge < -0.3 is 9.88 Å². The summed E-state index contributed by atoms with van der Waals surface area (Å²) in [6.45, 7) is 2.07. The van der Waals surface area contributed by atoms with Gasteiger partial charge in [-0.25, -0.2) is 0 Å². The highest BCUT2D eigenvalue weighted by Gasteiger charge is 2.33. The molecule has 0 spiro atoms. The summed E-state index contributed by atoms with van der Waals surface area (Å²) < 4.78 is 0. The fourth-order valence-electron chi connectivity index (χ4n) is 1.79. The van der Waals surface area contributed by atoms with Gasteiger partial charge in [-0.05, 0) is 31.7 Å². The molecule has 16 heavy (non-hydrogen) atoms. The molecule has 1 aromatic heterocycles. The van der Waals surface area contributed by atoms with Crippen LogP contribution in [0.5, 0.6) is 0 Å². The number of aromatic nitrogens is 1. The summed E-state index contributed by atoms with van der Waals surface area (Å²) in [5, 5.41) is 0.704. The highest BCUT2D eigenvalue weighted by molar-refractivity contribution is 6.41. The molecule has 0 aromatic carbocycles. The van der Waals surface area contributed by atoms with E-state index in [2.05, 4.69) is 11.9 Å². The molecule has 1 aliphatic carbocycles. The van der Waals surface area contributed by atoms with E-state index < -0.39 is 0 Å². The lowest BCUT2D eigenvalue weighted by Gasteiger charge is -2.24. The van der Waals surface area contributed by atoms with Crippen molar-refractivity contribution in [3.63, 3.8) is 0 Å². The number of nitrogens with one attached hydrogen (secondary N) is 1. The number of rotatable bonds is 3. The minimum Gasteiger partial charge on any atom is -0.340 e. The van der Waals surface area contributed by atoms with Crippen molar-refractivity contribution in [1.29, 1.82) is 0 Å². The average molecular weight is 261 g/mol. The first-order valence-electron chi connectivity index (χ1n) is 5.32. The van der Waals surface area contributed by atoms with Gasteiger partial charge in [0.15, 0.2) is 0 Å². The maximum absolute atomic E-state index is 12.1. The second-order valence-corrected chi connectivity index (χ2v) is 5.12. The van der Waals surface area contributed by atoms with Gasteiger partial charge in [0.2, 0.25) is 0 Å². The van der Waals surface area contributed by atoms with E-state index in [1.807, 2.05) is 7.05 Å². The molecule has 0 saturated heterocycles. The maximum atomic E-state index is 12.1. The summed E-state index contributed by atoms with van der Waals surface area (Å²) in [4.78, 5) is 16.6. The number of amides is 1. The Morgan fingerprint density at radius 3 is 2.62 bits per heavy atom. The molecular formula is C11H14Cl2N2O. The molecule has 1 aromatic rings. The molecule has 1 N–H and O–H groups in total. The number of halogens is 2. The molecule has 0 radical (unpaired) electrons. The maximum Gasteiger partial charge on any atom is 0.270 e. The quantitative estimate of drug-likeness (QED) is 0.891. The topological polar surface area (TPSA) is 36.1 Å². The zero-order chi connectivity index (χ0) is 11.9. The summed E-state index contributed by atoms with van der Waals surface area (Å²) in [5.41, 5.74) is 0.449. The lowest BCUT2D eigenvalue weighted by Crippen LogP contribution is -2.36. The standard InChI is InChI=1S/C11H14Cl2N2O/c1-6(7-3-4-7)15(2)11(16)9-5-8(12)10(13)14-9/h5-7,14H,3-4H2,1-2H3. The first kappa shape index (κ1) is 11.8. The molecule has 0 bridgehead atoms. The molecule has 3 nitrogen and oxygen atoms in total. The van der Waals surface area contributed by atoms with Crippen molar-refractivity contribution >= 4 is 29.1 Å². The van der Waals surface area contributed by atoms with Crippen molar-refractivity contribution in [2.24, 2.45) is 5.92 Å². The van der Waals surface area contributed by atoms with Crippen LogP contribution in [0.2, 0.25) is 10.2 Å². The van der Waals surface area contributed by atoms with Gasteiger partial charge in [-0.2, -0.15) is 0 Å². The second-order valence-electron chi connectivity index (χ2n) is 4.34. The van der Waals surface area contributed by atoms with E-state index in [1.54, 1.807) is 11.0 Å². The lowest BCUT2D eigenvalue weighted by molar-refractivity contribution is 0.0722. The van der Waals surface area contributed by atoms with E-state index in [4.69, 9.17) is 23.2 Å². The molecule has 2 rings (SSSR count). The normalized spacial score (nSPS) is 17.2. The van der Waals surface area contributed by atoms with Gasteiger partial charge in [-0.3, -0.25) is 4.79 Å². The fraction of sp³-hybridized carbons (Fsp3) is 0.545. The van der Waals surface area contributed by atoms with Gasteiger partial charge in [-0.1, -0.05) is 23.2 Å². The van der Waals surface area contributed by atoms with E-state index in [0.717, 1.165) is 0 Å². The van der Waals surface area contributed by atoms with E-state index in [9.17, 15) is 4.79 Å². The fourth-order valence-corrected chi connectivity index (χ4v) is 2.10. The van der Waals surface area contributed by atoms with Crippen LogP contribution in [0.4, 0.5) is 0 Å². The molecule has 1 aliphatic rings. The van der Waals surface area contributed by atoms with Gasteiger partial charge in [0, 0.05) is 13.1 Å². The number of carbonyl (C=O) groups is 1. The SMILES string of the molecule is CC(C1CC1)N(C)C(=O)c1cc(Cl)c(Cl)[nH]1. The molecule has 88 valence electrons. The molecule has 1 saturated carbocycles. The Morgan fingerprint density at radius 1 is 1.56 bits per heavy atom. The third kappa shape index (κ3) is 2.20. The van der Waals surface area contributed by atoms with E-state index in [0.29, 0.717) is 21.8 Å². The molecule has 0 aliphatic heterocycles. The number of H-pyrrole nitrogens is 1. The predicted molar refractivity (Wildman–Crippen MR) is 65.1 cm³/mol. The number of hydrogen-bond donors (Lipinski definition) is 1. The van der Waals surface area contributed by atoms with Crippen LogP contribution in [-0.4, -0.2) is 28.9 Å². The van der Waals surface area contributed by atoms with Crippen LogP contribution in [0.25, 0.3) is 0 Å². The van der Waals surface area contributed by atoms with Crippen LogP contribution >= 0.6 is 23.2 Å². The second kappa shape index (κ2) is 4.30. The Labute approximate surface area is 105 Å². The summed E-state index contributed by atoms with van der Waals surface area (Å²) in [5.74, 6) is 0.586. The highest BCUT2D eigenvalue weighted by atomic mass is 35.5. The summed E-state index contributed by atoms with van der Waals surface area (Å²) in [6.07, 6.45) is 2.43. The number of aromatic amines is 1. The van der Waals surface area contributed by atoms with Gasteiger partial charge >= 0.3 is 0 Å². The smallest absolute Gasteiger partial charge is 0.270 e. The molecule has 5 heteroatoms. The van der Waals surface area contributed by atoms with Crippen LogP contribution in [0.1, 0.15) is 30.3 Å². The van der Waals surface area contributed by atoms with Crippen molar-refractivity contribution in [2.75, 3.05) is 7.05 Å². The van der Waals surface area contributed by atoms with Crippen LogP contribution in [-0.2, 0) is 0 Å². The first-order valence-corrected chi connectivity index (χ1v) is 6.07. The van der Waals surface area contributed by atoms with Gasteiger partial charge in [0.1, 0.15) is 10.8 Å². The van der Waals surface area contributed by atoms with Crippen LogP contribution in [0.15, 0.2) is 6.07 Å². The minimum absolute atomic E-state index is 0.0619.